The minimum Gasteiger partial charge on any atom is -0.491 e. The Morgan fingerprint density at radius 1 is 1.18 bits per heavy atom. The summed E-state index contributed by atoms with van der Waals surface area (Å²) < 4.78 is 11.8. The van der Waals surface area contributed by atoms with Crippen LogP contribution in [0.1, 0.15) is 36.2 Å². The molecule has 0 saturated carbocycles. The Hall–Kier alpha value is -3.28. The number of amides is 1. The number of amidine groups is 1. The van der Waals surface area contributed by atoms with E-state index in [2.05, 4.69) is 10.6 Å². The molecule has 1 atom stereocenters. The number of hydrogen-bond donors (Lipinski definition) is 3. The topological polar surface area (TPSA) is 85.2 Å². The van der Waals surface area contributed by atoms with E-state index in [0.717, 1.165) is 12.0 Å². The van der Waals surface area contributed by atoms with Gasteiger partial charge in [-0.3, -0.25) is 5.41 Å². The highest BCUT2D eigenvalue weighted by Crippen LogP contribution is 2.25. The van der Waals surface area contributed by atoms with Gasteiger partial charge in [0.05, 0.1) is 11.7 Å². The van der Waals surface area contributed by atoms with E-state index in [9.17, 15) is 4.79 Å². The lowest BCUT2D eigenvalue weighted by Crippen LogP contribution is -2.49. The first-order valence-corrected chi connectivity index (χ1v) is 9.28. The molecule has 148 valence electrons. The van der Waals surface area contributed by atoms with Crippen LogP contribution in [0.15, 0.2) is 60.8 Å². The average Bonchev–Trinajstić information content (AvgIpc) is 2.71. The molecule has 0 unspecified atom stereocenters. The van der Waals surface area contributed by atoms with Crippen LogP contribution in [0.5, 0.6) is 11.5 Å². The first kappa shape index (κ1) is 21.0. The summed E-state index contributed by atoms with van der Waals surface area (Å²) in [6.45, 7) is 4.41. The third kappa shape index (κ3) is 6.79. The van der Waals surface area contributed by atoms with Crippen molar-refractivity contribution in [2.24, 2.45) is 0 Å². The van der Waals surface area contributed by atoms with Gasteiger partial charge in [0, 0.05) is 25.4 Å². The molecule has 0 aliphatic rings. The third-order valence-corrected chi connectivity index (χ3v) is 3.99. The molecule has 2 rings (SSSR count). The van der Waals surface area contributed by atoms with Gasteiger partial charge in [-0.15, -0.1) is 0 Å². The van der Waals surface area contributed by atoms with E-state index < -0.39 is 0 Å². The highest BCUT2D eigenvalue weighted by atomic mass is 16.5. The summed E-state index contributed by atoms with van der Waals surface area (Å²) >= 11 is 0. The van der Waals surface area contributed by atoms with Crippen molar-refractivity contribution in [2.75, 3.05) is 7.05 Å². The standard InChI is InChI=1S/C22H27N3O3/c1-4-16(2)28-20-13-18(22(26)25-21(23)10-11-24-3)12-19(14-20)27-15-17-8-6-5-7-9-17/h5-14,16,24H,4,15H2,1-3H3,(H2,23,25,26)/p+1/b11-10-/t16-/m0/s1. The molecule has 0 bridgehead atoms. The SMILES string of the molecule is CC[C@H](C)Oc1cc(OCc2ccccc2)cc(C(=O)NC(=[NH2+])/C=C\NC)c1. The van der Waals surface area contributed by atoms with Gasteiger partial charge in [-0.2, -0.15) is 0 Å². The quantitative estimate of drug-likeness (QED) is 0.458. The molecular formula is C22H28N3O3+. The third-order valence-electron chi connectivity index (χ3n) is 3.99. The normalized spacial score (nSPS) is 11.7. The highest BCUT2D eigenvalue weighted by Gasteiger charge is 2.16. The molecule has 0 fully saturated rings. The van der Waals surface area contributed by atoms with E-state index in [1.807, 2.05) is 44.2 Å². The number of carbonyl (C=O) groups is 1. The first-order valence-electron chi connectivity index (χ1n) is 9.28. The average molecular weight is 382 g/mol. The molecule has 0 aliphatic heterocycles. The van der Waals surface area contributed by atoms with Crippen LogP contribution < -0.4 is 25.5 Å². The van der Waals surface area contributed by atoms with Crippen LogP contribution in [0.25, 0.3) is 0 Å². The van der Waals surface area contributed by atoms with E-state index >= 15 is 0 Å². The zero-order valence-corrected chi connectivity index (χ0v) is 16.6. The largest absolute Gasteiger partial charge is 0.491 e. The summed E-state index contributed by atoms with van der Waals surface area (Å²) in [5.41, 5.74) is 1.45. The predicted molar refractivity (Wildman–Crippen MR) is 110 cm³/mol. The molecular weight excluding hydrogens is 354 g/mol. The lowest BCUT2D eigenvalue weighted by atomic mass is 10.1. The molecule has 0 heterocycles. The number of rotatable bonds is 9. The fourth-order valence-electron chi connectivity index (χ4n) is 2.33. The Morgan fingerprint density at radius 3 is 2.57 bits per heavy atom. The van der Waals surface area contributed by atoms with Gasteiger partial charge in [0.1, 0.15) is 18.1 Å². The minimum atomic E-state index is -0.336. The van der Waals surface area contributed by atoms with Crippen LogP contribution in [0, 0.1) is 0 Å². The molecule has 0 aromatic heterocycles. The molecule has 0 radical (unpaired) electrons. The summed E-state index contributed by atoms with van der Waals surface area (Å²) in [5.74, 6) is 1.03. The van der Waals surface area contributed by atoms with Gasteiger partial charge in [-0.25, -0.2) is 10.1 Å². The van der Waals surface area contributed by atoms with Crippen LogP contribution in [0.3, 0.4) is 0 Å². The van der Waals surface area contributed by atoms with Crippen molar-refractivity contribution >= 4 is 11.7 Å². The smallest absolute Gasteiger partial charge is 0.339 e. The van der Waals surface area contributed by atoms with Gasteiger partial charge in [-0.1, -0.05) is 37.3 Å². The second-order valence-electron chi connectivity index (χ2n) is 6.34. The Morgan fingerprint density at radius 2 is 1.89 bits per heavy atom. The van der Waals surface area contributed by atoms with Gasteiger partial charge in [0.15, 0.2) is 0 Å². The van der Waals surface area contributed by atoms with Crippen molar-refractivity contribution in [3.63, 3.8) is 0 Å². The zero-order chi connectivity index (χ0) is 20.4. The molecule has 2 aromatic rings. The van der Waals surface area contributed by atoms with Crippen molar-refractivity contribution in [3.8, 4) is 11.5 Å². The Balaban J connectivity index is 2.19. The molecule has 2 aromatic carbocycles. The van der Waals surface area contributed by atoms with E-state index in [1.54, 1.807) is 37.5 Å². The van der Waals surface area contributed by atoms with Gasteiger partial charge in [0.25, 0.3) is 5.84 Å². The van der Waals surface area contributed by atoms with Crippen LogP contribution in [0.4, 0.5) is 0 Å². The van der Waals surface area contributed by atoms with Crippen molar-refractivity contribution in [1.82, 2.24) is 10.6 Å². The Labute approximate surface area is 166 Å². The van der Waals surface area contributed by atoms with Crippen molar-refractivity contribution in [1.29, 1.82) is 0 Å². The summed E-state index contributed by atoms with van der Waals surface area (Å²) in [7, 11) is 1.75. The number of nitrogens with one attached hydrogen (secondary N) is 2. The predicted octanol–water partition coefficient (Wildman–Crippen LogP) is 2.06. The molecule has 28 heavy (non-hydrogen) atoms. The van der Waals surface area contributed by atoms with Crippen molar-refractivity contribution in [2.45, 2.75) is 33.0 Å². The second kappa shape index (κ2) is 10.8. The number of ether oxygens (including phenoxy) is 2. The zero-order valence-electron chi connectivity index (χ0n) is 16.6. The number of benzene rings is 2. The van der Waals surface area contributed by atoms with Gasteiger partial charge < -0.3 is 14.8 Å². The fraction of sp³-hybridized carbons (Fsp3) is 0.273. The molecule has 0 aliphatic carbocycles. The molecule has 4 N–H and O–H groups in total. The summed E-state index contributed by atoms with van der Waals surface area (Å²) in [6.07, 6.45) is 4.08. The van der Waals surface area contributed by atoms with Crippen LogP contribution >= 0.6 is 0 Å². The molecule has 0 spiro atoms. The lowest BCUT2D eigenvalue weighted by molar-refractivity contribution is -0.115. The van der Waals surface area contributed by atoms with E-state index in [4.69, 9.17) is 14.9 Å². The van der Waals surface area contributed by atoms with Gasteiger partial charge in [-0.05, 0) is 31.0 Å². The number of carbonyl (C=O) groups excluding carboxylic acids is 1. The highest BCUT2D eigenvalue weighted by molar-refractivity contribution is 6.08. The van der Waals surface area contributed by atoms with Gasteiger partial charge in [0.2, 0.25) is 0 Å². The summed E-state index contributed by atoms with van der Waals surface area (Å²) in [5, 5.41) is 11.3. The maximum absolute atomic E-state index is 12.6. The molecule has 0 saturated heterocycles. The summed E-state index contributed by atoms with van der Waals surface area (Å²) in [6, 6.07) is 15.0. The van der Waals surface area contributed by atoms with Crippen molar-refractivity contribution < 1.29 is 19.7 Å². The monoisotopic (exact) mass is 382 g/mol. The van der Waals surface area contributed by atoms with Crippen molar-refractivity contribution in [3.05, 3.63) is 71.9 Å². The minimum absolute atomic E-state index is 0.0236. The lowest BCUT2D eigenvalue weighted by Gasteiger charge is -2.15. The van der Waals surface area contributed by atoms with Crippen LogP contribution in [-0.2, 0) is 6.61 Å². The number of nitrogens with two attached hydrogens (primary N) is 1. The Kier molecular flexibility index (Phi) is 8.09. The number of hydrogen-bond acceptors (Lipinski definition) is 4. The molecule has 6 heteroatoms. The van der Waals surface area contributed by atoms with Gasteiger partial charge >= 0.3 is 5.91 Å². The van der Waals surface area contributed by atoms with E-state index in [1.165, 1.54) is 0 Å². The van der Waals surface area contributed by atoms with E-state index in [0.29, 0.717) is 23.7 Å². The first-order chi connectivity index (χ1) is 13.5. The molecule has 1 amide bonds. The van der Waals surface area contributed by atoms with E-state index in [-0.39, 0.29) is 17.8 Å². The maximum Gasteiger partial charge on any atom is 0.339 e. The fourth-order valence-corrected chi connectivity index (χ4v) is 2.33. The molecule has 6 nitrogen and oxygen atoms in total. The second-order valence-corrected chi connectivity index (χ2v) is 6.34. The Bertz CT molecular complexity index is 819. The summed E-state index contributed by atoms with van der Waals surface area (Å²) in [4.78, 5) is 12.6. The van der Waals surface area contributed by atoms with Crippen LogP contribution in [-0.4, -0.2) is 24.9 Å². The van der Waals surface area contributed by atoms with Crippen LogP contribution in [0.2, 0.25) is 0 Å². The maximum atomic E-state index is 12.6.